The molecule has 0 atom stereocenters. The van der Waals surface area contributed by atoms with E-state index >= 15 is 0 Å². The van der Waals surface area contributed by atoms with E-state index in [0.29, 0.717) is 0 Å². The van der Waals surface area contributed by atoms with Crippen molar-refractivity contribution in [3.05, 3.63) is 66.0 Å². The van der Waals surface area contributed by atoms with Gasteiger partial charge in [-0.3, -0.25) is 4.98 Å². The molecule has 0 fully saturated rings. The van der Waals surface area contributed by atoms with E-state index in [0.717, 1.165) is 19.5 Å². The van der Waals surface area contributed by atoms with Crippen LogP contribution in [0.1, 0.15) is 11.1 Å². The highest BCUT2D eigenvalue weighted by atomic mass is 35.5. The first-order valence-corrected chi connectivity index (χ1v) is 5.59. The number of hydrogen-bond donors (Lipinski definition) is 1. The van der Waals surface area contributed by atoms with Gasteiger partial charge >= 0.3 is 0 Å². The molecule has 1 aromatic carbocycles. The maximum absolute atomic E-state index is 4.08. The lowest BCUT2D eigenvalue weighted by Crippen LogP contribution is -3.00. The minimum atomic E-state index is 0. The number of halogens is 1. The molecular weight excluding hydrogens is 232 g/mol. The predicted molar refractivity (Wildman–Crippen MR) is 66.1 cm³/mol. The smallest absolute Gasteiger partial charge is 0.0312 e. The molecule has 0 bridgehead atoms. The maximum atomic E-state index is 4.08. The van der Waals surface area contributed by atoms with Crippen molar-refractivity contribution in [2.45, 2.75) is 13.0 Å². The fourth-order valence-electron chi connectivity index (χ4n) is 1.61. The van der Waals surface area contributed by atoms with E-state index in [9.17, 15) is 0 Å². The van der Waals surface area contributed by atoms with Gasteiger partial charge in [0.15, 0.2) is 0 Å². The van der Waals surface area contributed by atoms with Crippen LogP contribution in [0.5, 0.6) is 0 Å². The summed E-state index contributed by atoms with van der Waals surface area (Å²) in [6, 6.07) is 14.6. The summed E-state index contributed by atoms with van der Waals surface area (Å²) in [6.45, 7) is 1.89. The van der Waals surface area contributed by atoms with E-state index in [2.05, 4.69) is 40.6 Å². The van der Waals surface area contributed by atoms with Crippen LogP contribution in [-0.2, 0) is 13.0 Å². The Balaban J connectivity index is 0.00000144. The molecule has 1 aromatic heterocycles. The van der Waals surface area contributed by atoms with Crippen molar-refractivity contribution in [1.29, 1.82) is 0 Å². The number of aromatic nitrogens is 1. The maximum Gasteiger partial charge on any atom is 0.0312 e. The summed E-state index contributed by atoms with van der Waals surface area (Å²) >= 11 is 0. The van der Waals surface area contributed by atoms with Crippen LogP contribution in [0.4, 0.5) is 0 Å². The molecule has 0 spiro atoms. The molecule has 0 amide bonds. The van der Waals surface area contributed by atoms with Crippen LogP contribution < -0.4 is 17.7 Å². The molecule has 0 aliphatic rings. The Bertz CT molecular complexity index is 362. The monoisotopic (exact) mass is 247 g/mol. The second kappa shape index (κ2) is 7.82. The standard InChI is InChI=1S/C14H16N2.ClH/c1-2-5-13(6-3-1)8-10-16-12-14-7-4-9-15-11-14;/h1-7,9,11,16H,8,10,12H2;1H/p-1. The van der Waals surface area contributed by atoms with E-state index in [1.54, 1.807) is 6.20 Å². The summed E-state index contributed by atoms with van der Waals surface area (Å²) in [7, 11) is 0. The highest BCUT2D eigenvalue weighted by molar-refractivity contribution is 5.15. The van der Waals surface area contributed by atoms with Crippen LogP contribution in [0.25, 0.3) is 0 Å². The zero-order chi connectivity index (χ0) is 11.1. The van der Waals surface area contributed by atoms with Gasteiger partial charge in [0.1, 0.15) is 0 Å². The summed E-state index contributed by atoms with van der Waals surface area (Å²) in [4.78, 5) is 4.08. The van der Waals surface area contributed by atoms with E-state index < -0.39 is 0 Å². The van der Waals surface area contributed by atoms with Gasteiger partial charge in [-0.25, -0.2) is 0 Å². The van der Waals surface area contributed by atoms with Crippen LogP contribution in [0.15, 0.2) is 54.9 Å². The number of benzene rings is 1. The van der Waals surface area contributed by atoms with Crippen molar-refractivity contribution in [2.24, 2.45) is 0 Å². The van der Waals surface area contributed by atoms with E-state index in [4.69, 9.17) is 0 Å². The average Bonchev–Trinajstić information content (AvgIpc) is 2.37. The third-order valence-electron chi connectivity index (χ3n) is 2.49. The first kappa shape index (κ1) is 13.7. The second-order valence-corrected chi connectivity index (χ2v) is 3.77. The Hall–Kier alpha value is -1.38. The lowest BCUT2D eigenvalue weighted by atomic mass is 10.1. The Labute approximate surface area is 109 Å². The Morgan fingerprint density at radius 2 is 1.71 bits per heavy atom. The number of hydrogen-bond acceptors (Lipinski definition) is 2. The van der Waals surface area contributed by atoms with Crippen molar-refractivity contribution in [1.82, 2.24) is 10.3 Å². The summed E-state index contributed by atoms with van der Waals surface area (Å²) in [5.41, 5.74) is 2.61. The fourth-order valence-corrected chi connectivity index (χ4v) is 1.61. The summed E-state index contributed by atoms with van der Waals surface area (Å²) in [6.07, 6.45) is 4.77. The largest absolute Gasteiger partial charge is 1.00 e. The Morgan fingerprint density at radius 3 is 2.41 bits per heavy atom. The van der Waals surface area contributed by atoms with Crippen LogP contribution in [-0.4, -0.2) is 11.5 Å². The fraction of sp³-hybridized carbons (Fsp3) is 0.214. The van der Waals surface area contributed by atoms with Crippen LogP contribution in [0, 0.1) is 0 Å². The number of pyridine rings is 1. The molecule has 2 aromatic rings. The summed E-state index contributed by atoms with van der Waals surface area (Å²) in [5, 5.41) is 3.41. The summed E-state index contributed by atoms with van der Waals surface area (Å²) in [5.74, 6) is 0. The van der Waals surface area contributed by atoms with Gasteiger partial charge in [-0.05, 0) is 30.2 Å². The van der Waals surface area contributed by atoms with Crippen molar-refractivity contribution in [3.63, 3.8) is 0 Å². The number of rotatable bonds is 5. The van der Waals surface area contributed by atoms with E-state index in [-0.39, 0.29) is 12.4 Å². The van der Waals surface area contributed by atoms with Gasteiger partial charge in [0.2, 0.25) is 0 Å². The van der Waals surface area contributed by atoms with Crippen molar-refractivity contribution >= 4 is 0 Å². The first-order valence-electron chi connectivity index (χ1n) is 5.59. The zero-order valence-corrected chi connectivity index (χ0v) is 10.4. The first-order chi connectivity index (χ1) is 7.95. The second-order valence-electron chi connectivity index (χ2n) is 3.77. The molecule has 0 aliphatic heterocycles. The third-order valence-corrected chi connectivity index (χ3v) is 2.49. The zero-order valence-electron chi connectivity index (χ0n) is 9.64. The van der Waals surface area contributed by atoms with Gasteiger partial charge in [0.05, 0.1) is 0 Å². The molecular formula is C14H16ClN2-. The Morgan fingerprint density at radius 1 is 0.941 bits per heavy atom. The lowest BCUT2D eigenvalue weighted by Gasteiger charge is -2.04. The highest BCUT2D eigenvalue weighted by Crippen LogP contribution is 1.99. The van der Waals surface area contributed by atoms with Crippen LogP contribution >= 0.6 is 0 Å². The van der Waals surface area contributed by atoms with Gasteiger partial charge in [-0.1, -0.05) is 36.4 Å². The average molecular weight is 248 g/mol. The van der Waals surface area contributed by atoms with Gasteiger partial charge in [-0.15, -0.1) is 0 Å². The van der Waals surface area contributed by atoms with Crippen LogP contribution in [0.3, 0.4) is 0 Å². The SMILES string of the molecule is [Cl-].c1ccc(CCNCc2cccnc2)cc1. The summed E-state index contributed by atoms with van der Waals surface area (Å²) < 4.78 is 0. The normalized spacial score (nSPS) is 9.65. The molecule has 0 radical (unpaired) electrons. The molecule has 0 aliphatic carbocycles. The Kier molecular flexibility index (Phi) is 6.30. The highest BCUT2D eigenvalue weighted by Gasteiger charge is 1.93. The molecule has 0 unspecified atom stereocenters. The topological polar surface area (TPSA) is 24.9 Å². The predicted octanol–water partition coefficient (Wildman–Crippen LogP) is -0.582. The molecule has 2 rings (SSSR count). The molecule has 0 saturated carbocycles. The molecule has 0 saturated heterocycles. The van der Waals surface area contributed by atoms with E-state index in [1.807, 2.05) is 18.3 Å². The van der Waals surface area contributed by atoms with E-state index in [1.165, 1.54) is 11.1 Å². The van der Waals surface area contributed by atoms with Crippen molar-refractivity contribution in [3.8, 4) is 0 Å². The van der Waals surface area contributed by atoms with Crippen molar-refractivity contribution in [2.75, 3.05) is 6.54 Å². The van der Waals surface area contributed by atoms with Crippen LogP contribution in [0.2, 0.25) is 0 Å². The molecule has 3 heteroatoms. The molecule has 17 heavy (non-hydrogen) atoms. The minimum Gasteiger partial charge on any atom is -1.00 e. The minimum absolute atomic E-state index is 0. The molecule has 2 nitrogen and oxygen atoms in total. The third kappa shape index (κ3) is 4.98. The molecule has 90 valence electrons. The number of nitrogens with one attached hydrogen (secondary N) is 1. The van der Waals surface area contributed by atoms with Gasteiger partial charge in [0, 0.05) is 18.9 Å². The van der Waals surface area contributed by atoms with Gasteiger partial charge < -0.3 is 17.7 Å². The van der Waals surface area contributed by atoms with Gasteiger partial charge in [0.25, 0.3) is 0 Å². The number of nitrogens with zero attached hydrogens (tertiary/aromatic N) is 1. The molecule has 1 N–H and O–H groups in total. The van der Waals surface area contributed by atoms with Crippen molar-refractivity contribution < 1.29 is 12.4 Å². The van der Waals surface area contributed by atoms with Gasteiger partial charge in [-0.2, -0.15) is 0 Å². The quantitative estimate of drug-likeness (QED) is 0.716. The lowest BCUT2D eigenvalue weighted by molar-refractivity contribution is -0.00000333. The molecule has 1 heterocycles.